The second-order valence-electron chi connectivity index (χ2n) is 12.5. The SMILES string of the molecule is CCC1=C(C)C2Cc3c(C)c(CCC(=O)O)c(n3C)CC3=NC(=C(C)C3CCC(=O)O)Cc3[nH]c(c(C)c3CC)CC1=N2. The van der Waals surface area contributed by atoms with Gasteiger partial charge in [-0.05, 0) is 92.4 Å². The molecule has 0 fully saturated rings. The van der Waals surface area contributed by atoms with Crippen molar-refractivity contribution in [3.05, 3.63) is 67.4 Å². The van der Waals surface area contributed by atoms with E-state index >= 15 is 0 Å². The number of hydrogen-bond acceptors (Lipinski definition) is 4. The van der Waals surface area contributed by atoms with Crippen molar-refractivity contribution in [1.29, 1.82) is 0 Å². The molecule has 0 aromatic carbocycles. The van der Waals surface area contributed by atoms with Gasteiger partial charge in [0.15, 0.2) is 0 Å². The minimum Gasteiger partial charge on any atom is -0.481 e. The molecule has 3 aliphatic heterocycles. The fourth-order valence-corrected chi connectivity index (χ4v) is 7.75. The third kappa shape index (κ3) is 5.68. The molecule has 0 saturated carbocycles. The lowest BCUT2D eigenvalue weighted by atomic mass is 9.88. The Hall–Kier alpha value is -3.68. The van der Waals surface area contributed by atoms with Gasteiger partial charge in [0.1, 0.15) is 0 Å². The van der Waals surface area contributed by atoms with Gasteiger partial charge in [-0.15, -0.1) is 0 Å². The molecule has 2 atom stereocenters. The van der Waals surface area contributed by atoms with Crippen LogP contribution < -0.4 is 0 Å². The predicted octanol–water partition coefficient (Wildman–Crippen LogP) is 6.19. The highest BCUT2D eigenvalue weighted by Gasteiger charge is 2.33. The van der Waals surface area contributed by atoms with Gasteiger partial charge < -0.3 is 19.8 Å². The van der Waals surface area contributed by atoms with Gasteiger partial charge in [-0.3, -0.25) is 19.6 Å². The van der Waals surface area contributed by atoms with Crippen LogP contribution in [0.2, 0.25) is 0 Å². The molecule has 5 rings (SSSR count). The van der Waals surface area contributed by atoms with Crippen molar-refractivity contribution >= 4 is 23.4 Å². The number of carboxylic acids is 2. The van der Waals surface area contributed by atoms with Crippen LogP contribution in [0.5, 0.6) is 0 Å². The summed E-state index contributed by atoms with van der Waals surface area (Å²) in [5.74, 6) is -1.66. The average molecular weight is 587 g/mol. The number of fused-ring (bicyclic) bond motifs is 6. The Morgan fingerprint density at radius 3 is 2.26 bits per heavy atom. The van der Waals surface area contributed by atoms with Gasteiger partial charge in [-0.2, -0.15) is 0 Å². The normalized spacial score (nSPS) is 20.2. The lowest BCUT2D eigenvalue weighted by molar-refractivity contribution is -0.138. The molecule has 3 aliphatic rings. The number of allylic oxidation sites excluding steroid dienone is 3. The molecule has 0 amide bonds. The van der Waals surface area contributed by atoms with Gasteiger partial charge in [0.25, 0.3) is 0 Å². The van der Waals surface area contributed by atoms with Crippen LogP contribution in [0.25, 0.3) is 0 Å². The Morgan fingerprint density at radius 1 is 0.884 bits per heavy atom. The molecule has 0 spiro atoms. The van der Waals surface area contributed by atoms with Gasteiger partial charge in [0.2, 0.25) is 0 Å². The number of rotatable bonds is 8. The van der Waals surface area contributed by atoms with Gasteiger partial charge in [0.05, 0.1) is 6.04 Å². The van der Waals surface area contributed by atoms with Crippen LogP contribution in [0.1, 0.15) is 98.4 Å². The van der Waals surface area contributed by atoms with Crippen LogP contribution in [0.15, 0.2) is 32.4 Å². The van der Waals surface area contributed by atoms with Crippen molar-refractivity contribution in [2.75, 3.05) is 0 Å². The molecule has 43 heavy (non-hydrogen) atoms. The van der Waals surface area contributed by atoms with Gasteiger partial charge in [-0.25, -0.2) is 0 Å². The minimum absolute atomic E-state index is 0.0489. The first-order valence-electron chi connectivity index (χ1n) is 15.8. The summed E-state index contributed by atoms with van der Waals surface area (Å²) in [5, 5.41) is 19.1. The highest BCUT2D eigenvalue weighted by atomic mass is 16.4. The lowest BCUT2D eigenvalue weighted by Gasteiger charge is -2.17. The average Bonchev–Trinajstić information content (AvgIpc) is 3.59. The quantitative estimate of drug-likeness (QED) is 0.341. The maximum atomic E-state index is 11.7. The summed E-state index contributed by atoms with van der Waals surface area (Å²) < 4.78 is 2.25. The van der Waals surface area contributed by atoms with Crippen molar-refractivity contribution in [1.82, 2.24) is 9.55 Å². The van der Waals surface area contributed by atoms with E-state index < -0.39 is 11.9 Å². The predicted molar refractivity (Wildman–Crippen MR) is 171 cm³/mol. The number of aromatic nitrogens is 2. The molecular formula is C35H46N4O4. The van der Waals surface area contributed by atoms with Gasteiger partial charge in [-0.1, -0.05) is 13.8 Å². The molecule has 2 aromatic heterocycles. The molecule has 3 N–H and O–H groups in total. The van der Waals surface area contributed by atoms with E-state index in [1.807, 2.05) is 0 Å². The number of nitrogens with zero attached hydrogens (tertiary/aromatic N) is 3. The first-order chi connectivity index (χ1) is 20.4. The van der Waals surface area contributed by atoms with Crippen LogP contribution in [0.4, 0.5) is 0 Å². The van der Waals surface area contributed by atoms with Gasteiger partial charge in [0, 0.05) is 91.4 Å². The van der Waals surface area contributed by atoms with Crippen molar-refractivity contribution in [3.63, 3.8) is 0 Å². The highest BCUT2D eigenvalue weighted by Crippen LogP contribution is 2.37. The van der Waals surface area contributed by atoms with Crippen LogP contribution in [-0.4, -0.2) is 49.2 Å². The number of nitrogens with one attached hydrogen (secondary N) is 1. The van der Waals surface area contributed by atoms with Gasteiger partial charge >= 0.3 is 11.9 Å². The van der Waals surface area contributed by atoms with Crippen LogP contribution in [0.3, 0.4) is 0 Å². The standard InChI is InChI=1S/C35H46N4O4/c1-8-22-18(3)26-14-30-23(9-2)19(4)28(38-30)16-32-21(6)25(11-13-35(42)43)33(39(32)7)17-31-24(10-12-34(40)41)20(5)27(37-31)15-29(22)36-26/h24,28,36H,8-17H2,1-7H3,(H,40,41)(H,42,43). The summed E-state index contributed by atoms with van der Waals surface area (Å²) >= 11 is 0. The van der Waals surface area contributed by atoms with E-state index in [1.165, 1.54) is 45.1 Å². The Balaban J connectivity index is 1.69. The fourth-order valence-electron chi connectivity index (χ4n) is 7.75. The number of aliphatic imine (C=N–C) groups is 2. The lowest BCUT2D eigenvalue weighted by Crippen LogP contribution is -2.19. The van der Waals surface area contributed by atoms with Crippen LogP contribution in [0, 0.1) is 19.8 Å². The van der Waals surface area contributed by atoms with Crippen molar-refractivity contribution in [2.24, 2.45) is 23.0 Å². The smallest absolute Gasteiger partial charge is 0.303 e. The summed E-state index contributed by atoms with van der Waals surface area (Å²) in [4.78, 5) is 37.7. The van der Waals surface area contributed by atoms with Crippen molar-refractivity contribution in [3.8, 4) is 0 Å². The zero-order valence-corrected chi connectivity index (χ0v) is 26.8. The van der Waals surface area contributed by atoms with Crippen LogP contribution in [-0.2, 0) is 55.2 Å². The summed E-state index contributed by atoms with van der Waals surface area (Å²) in [6.45, 7) is 13.1. The second-order valence-corrected chi connectivity index (χ2v) is 12.5. The largest absolute Gasteiger partial charge is 0.481 e. The summed E-state index contributed by atoms with van der Waals surface area (Å²) in [5.41, 5.74) is 16.5. The first-order valence-corrected chi connectivity index (χ1v) is 15.8. The Bertz CT molecular complexity index is 1610. The Kier molecular flexibility index (Phi) is 8.68. The molecule has 5 heterocycles. The number of hydrogen-bond donors (Lipinski definition) is 3. The van der Waals surface area contributed by atoms with E-state index in [4.69, 9.17) is 9.98 Å². The molecule has 0 aliphatic carbocycles. The Morgan fingerprint density at radius 2 is 1.60 bits per heavy atom. The molecule has 8 heteroatoms. The molecule has 2 aromatic rings. The minimum atomic E-state index is -0.810. The van der Waals surface area contributed by atoms with Crippen molar-refractivity contribution < 1.29 is 19.8 Å². The molecular weight excluding hydrogens is 540 g/mol. The maximum Gasteiger partial charge on any atom is 0.303 e. The third-order valence-electron chi connectivity index (χ3n) is 10.3. The van der Waals surface area contributed by atoms with E-state index in [-0.39, 0.29) is 24.8 Å². The number of carboxylic acid groups (broad SMARTS) is 2. The van der Waals surface area contributed by atoms with Crippen molar-refractivity contribution in [2.45, 2.75) is 112 Å². The summed E-state index contributed by atoms with van der Waals surface area (Å²) in [6, 6.07) is 0.0494. The summed E-state index contributed by atoms with van der Waals surface area (Å²) in [7, 11) is 2.09. The highest BCUT2D eigenvalue weighted by molar-refractivity contribution is 6.04. The molecule has 0 radical (unpaired) electrons. The number of H-pyrrole nitrogens is 1. The second kappa shape index (κ2) is 12.1. The molecule has 0 saturated heterocycles. The molecule has 8 nitrogen and oxygen atoms in total. The third-order valence-corrected chi connectivity index (χ3v) is 10.3. The number of aliphatic carboxylic acids is 2. The van der Waals surface area contributed by atoms with E-state index in [0.29, 0.717) is 25.7 Å². The summed E-state index contributed by atoms with van der Waals surface area (Å²) in [6.07, 6.45) is 5.74. The molecule has 2 unspecified atom stereocenters. The Labute approximate surface area is 254 Å². The van der Waals surface area contributed by atoms with E-state index in [9.17, 15) is 19.8 Å². The van der Waals surface area contributed by atoms with E-state index in [0.717, 1.165) is 59.5 Å². The van der Waals surface area contributed by atoms with E-state index in [1.54, 1.807) is 0 Å². The fraction of sp³-hybridized carbons (Fsp3) is 0.543. The topological polar surface area (TPSA) is 120 Å². The van der Waals surface area contributed by atoms with Crippen LogP contribution >= 0.6 is 0 Å². The van der Waals surface area contributed by atoms with E-state index in [2.05, 4.69) is 58.1 Å². The molecule has 8 bridgehead atoms. The zero-order valence-electron chi connectivity index (χ0n) is 26.8. The first kappa shape index (κ1) is 30.8. The maximum absolute atomic E-state index is 11.7. The molecule has 230 valence electrons. The zero-order chi connectivity index (χ0) is 31.2. The number of aromatic amines is 1. The monoisotopic (exact) mass is 586 g/mol. The number of carbonyl (C=O) groups is 2.